The number of hydrogen-bond acceptors (Lipinski definition) is 8. The maximum Gasteiger partial charge on any atom is 0.229 e. The van der Waals surface area contributed by atoms with Crippen molar-refractivity contribution in [2.24, 2.45) is 0 Å². The maximum atomic E-state index is 14.2. The summed E-state index contributed by atoms with van der Waals surface area (Å²) in [4.78, 5) is 18.7. The lowest BCUT2D eigenvalue weighted by Gasteiger charge is -2.21. The molecule has 1 aliphatic rings. The van der Waals surface area contributed by atoms with Crippen LogP contribution in [0.1, 0.15) is 12.5 Å². The highest BCUT2D eigenvalue weighted by Crippen LogP contribution is 2.31. The number of hydrogen-bond donors (Lipinski definition) is 3. The van der Waals surface area contributed by atoms with Gasteiger partial charge in [0.2, 0.25) is 5.95 Å². The first-order valence-corrected chi connectivity index (χ1v) is 9.47. The van der Waals surface area contributed by atoms with Crippen LogP contribution in [0.5, 0.6) is 11.5 Å². The molecule has 0 aliphatic carbocycles. The Hall–Kier alpha value is -3.43. The molecule has 1 unspecified atom stereocenters. The third-order valence-corrected chi connectivity index (χ3v) is 4.35. The van der Waals surface area contributed by atoms with Gasteiger partial charge >= 0.3 is 0 Å². The van der Waals surface area contributed by atoms with Crippen molar-refractivity contribution in [1.29, 1.82) is 0 Å². The number of aliphatic hydroxyl groups is 1. The summed E-state index contributed by atoms with van der Waals surface area (Å²) in [5.74, 6) is 0.894. The Morgan fingerprint density at radius 2 is 1.97 bits per heavy atom. The molecule has 4 rings (SSSR count). The number of nitrogens with zero attached hydrogens (tertiary/aromatic N) is 2. The number of rotatable bonds is 7. The molecule has 0 saturated heterocycles. The lowest BCUT2D eigenvalue weighted by atomic mass is 10.1. The number of benzene rings is 2. The predicted octanol–water partition coefficient (Wildman–Crippen LogP) is 3.73. The van der Waals surface area contributed by atoms with Gasteiger partial charge < -0.3 is 25.4 Å². The van der Waals surface area contributed by atoms with Gasteiger partial charge in [-0.05, 0) is 37.3 Å². The molecule has 1 aliphatic heterocycles. The average molecular weight is 412 g/mol. The van der Waals surface area contributed by atoms with Gasteiger partial charge in [-0.15, -0.1) is 0 Å². The van der Waals surface area contributed by atoms with Crippen LogP contribution in [-0.2, 0) is 11.3 Å². The highest BCUT2D eigenvalue weighted by Gasteiger charge is 2.18. The van der Waals surface area contributed by atoms with E-state index in [1.165, 1.54) is 0 Å². The van der Waals surface area contributed by atoms with Gasteiger partial charge in [0.05, 0.1) is 12.8 Å². The summed E-state index contributed by atoms with van der Waals surface area (Å²) in [5, 5.41) is 14.8. The largest absolute Gasteiger partial charge is 0.491 e. The summed E-state index contributed by atoms with van der Waals surface area (Å²) in [6, 6.07) is 12.5. The normalized spacial score (nSPS) is 15.1. The standard InChI is InChI=1S/C21H21FN4O4/c1-13-10-14-2-3-16(11-19(14)30-29-13)24-20-18(22)12-23-21(26-20)25-15-4-6-17(7-5-15)28-9-8-27/h2-7,11-13,27H,8-10H2,1H3,(H2,23,24,25,26). The number of halogens is 1. The Morgan fingerprint density at radius 1 is 1.17 bits per heavy atom. The Labute approximate surface area is 172 Å². The van der Waals surface area contributed by atoms with E-state index in [0.717, 1.165) is 18.2 Å². The second-order valence-corrected chi connectivity index (χ2v) is 6.75. The molecule has 2 aromatic carbocycles. The first-order chi connectivity index (χ1) is 14.6. The van der Waals surface area contributed by atoms with Crippen LogP contribution in [0.25, 0.3) is 0 Å². The summed E-state index contributed by atoms with van der Waals surface area (Å²) in [6.07, 6.45) is 1.82. The van der Waals surface area contributed by atoms with E-state index in [4.69, 9.17) is 19.6 Å². The van der Waals surface area contributed by atoms with Gasteiger partial charge in [0.1, 0.15) is 18.5 Å². The van der Waals surface area contributed by atoms with E-state index < -0.39 is 5.82 Å². The van der Waals surface area contributed by atoms with Gasteiger partial charge in [-0.3, -0.25) is 0 Å². The topological polar surface area (TPSA) is 97.8 Å². The zero-order valence-electron chi connectivity index (χ0n) is 16.3. The molecule has 156 valence electrons. The zero-order valence-corrected chi connectivity index (χ0v) is 16.3. The zero-order chi connectivity index (χ0) is 20.9. The summed E-state index contributed by atoms with van der Waals surface area (Å²) in [6.45, 7) is 2.10. The van der Waals surface area contributed by atoms with E-state index in [-0.39, 0.29) is 31.1 Å². The molecule has 0 amide bonds. The van der Waals surface area contributed by atoms with E-state index in [1.807, 2.05) is 19.1 Å². The smallest absolute Gasteiger partial charge is 0.229 e. The molecule has 3 N–H and O–H groups in total. The van der Waals surface area contributed by atoms with Crippen molar-refractivity contribution in [2.75, 3.05) is 23.8 Å². The predicted molar refractivity (Wildman–Crippen MR) is 109 cm³/mol. The summed E-state index contributed by atoms with van der Waals surface area (Å²) in [7, 11) is 0. The first kappa shape index (κ1) is 19.9. The highest BCUT2D eigenvalue weighted by atomic mass is 19.1. The van der Waals surface area contributed by atoms with Crippen LogP contribution in [0.3, 0.4) is 0 Å². The lowest BCUT2D eigenvalue weighted by Crippen LogP contribution is -2.20. The molecule has 0 saturated carbocycles. The van der Waals surface area contributed by atoms with Crippen molar-refractivity contribution >= 4 is 23.1 Å². The Kier molecular flexibility index (Phi) is 5.92. The van der Waals surface area contributed by atoms with E-state index in [9.17, 15) is 4.39 Å². The summed E-state index contributed by atoms with van der Waals surface area (Å²) >= 11 is 0. The third-order valence-electron chi connectivity index (χ3n) is 4.35. The molecule has 9 heteroatoms. The quantitative estimate of drug-likeness (QED) is 0.505. The Morgan fingerprint density at radius 3 is 2.77 bits per heavy atom. The first-order valence-electron chi connectivity index (χ1n) is 9.47. The monoisotopic (exact) mass is 412 g/mol. The molecule has 0 radical (unpaired) electrons. The van der Waals surface area contributed by atoms with Gasteiger partial charge in [0.15, 0.2) is 17.4 Å². The molecule has 8 nitrogen and oxygen atoms in total. The van der Waals surface area contributed by atoms with E-state index in [1.54, 1.807) is 30.3 Å². The summed E-state index contributed by atoms with van der Waals surface area (Å²) in [5.41, 5.74) is 2.34. The van der Waals surface area contributed by atoms with Crippen molar-refractivity contribution in [2.45, 2.75) is 19.4 Å². The fraction of sp³-hybridized carbons (Fsp3) is 0.238. The molecule has 0 bridgehead atoms. The van der Waals surface area contributed by atoms with Crippen molar-refractivity contribution in [1.82, 2.24) is 9.97 Å². The SMILES string of the molecule is CC1Cc2ccc(Nc3nc(Nc4ccc(OCCO)cc4)ncc3F)cc2OO1. The molecule has 0 fully saturated rings. The van der Waals surface area contributed by atoms with Crippen LogP contribution in [-0.4, -0.2) is 34.4 Å². The number of anilines is 4. The minimum Gasteiger partial charge on any atom is -0.491 e. The highest BCUT2D eigenvalue weighted by molar-refractivity contribution is 5.62. The second kappa shape index (κ2) is 8.93. The number of nitrogens with one attached hydrogen (secondary N) is 2. The van der Waals surface area contributed by atoms with Crippen molar-refractivity contribution in [3.63, 3.8) is 0 Å². The van der Waals surface area contributed by atoms with Crippen molar-refractivity contribution in [3.05, 3.63) is 60.0 Å². The van der Waals surface area contributed by atoms with Gasteiger partial charge in [-0.1, -0.05) is 6.07 Å². The van der Waals surface area contributed by atoms with Crippen molar-refractivity contribution in [3.8, 4) is 11.5 Å². The average Bonchev–Trinajstić information content (AvgIpc) is 2.76. The van der Waals surface area contributed by atoms with E-state index in [0.29, 0.717) is 22.9 Å². The minimum absolute atomic E-state index is 0.0143. The fourth-order valence-electron chi connectivity index (χ4n) is 2.94. The van der Waals surface area contributed by atoms with Crippen LogP contribution >= 0.6 is 0 Å². The molecular weight excluding hydrogens is 391 g/mol. The van der Waals surface area contributed by atoms with Crippen LogP contribution in [0, 0.1) is 5.82 Å². The Bertz CT molecular complexity index is 1020. The molecule has 1 aromatic heterocycles. The Balaban J connectivity index is 1.47. The molecular formula is C21H21FN4O4. The molecule has 3 aromatic rings. The number of aromatic nitrogens is 2. The van der Waals surface area contributed by atoms with E-state index >= 15 is 0 Å². The molecule has 1 atom stereocenters. The number of ether oxygens (including phenoxy) is 1. The summed E-state index contributed by atoms with van der Waals surface area (Å²) < 4.78 is 19.6. The van der Waals surface area contributed by atoms with Crippen LogP contribution in [0.2, 0.25) is 0 Å². The minimum atomic E-state index is -0.586. The molecule has 0 spiro atoms. The van der Waals surface area contributed by atoms with Gasteiger partial charge in [-0.2, -0.15) is 9.87 Å². The van der Waals surface area contributed by atoms with Crippen LogP contribution in [0.15, 0.2) is 48.7 Å². The van der Waals surface area contributed by atoms with Crippen LogP contribution in [0.4, 0.5) is 27.5 Å². The number of aliphatic hydroxyl groups excluding tert-OH is 1. The lowest BCUT2D eigenvalue weighted by molar-refractivity contribution is -0.249. The second-order valence-electron chi connectivity index (χ2n) is 6.75. The third kappa shape index (κ3) is 4.76. The van der Waals surface area contributed by atoms with Gasteiger partial charge in [0, 0.05) is 29.4 Å². The van der Waals surface area contributed by atoms with Crippen LogP contribution < -0.4 is 20.3 Å². The molecule has 30 heavy (non-hydrogen) atoms. The maximum absolute atomic E-state index is 14.2. The molecule has 2 heterocycles. The van der Waals surface area contributed by atoms with Gasteiger partial charge in [0.25, 0.3) is 0 Å². The fourth-order valence-corrected chi connectivity index (χ4v) is 2.94. The number of fused-ring (bicyclic) bond motifs is 1. The van der Waals surface area contributed by atoms with E-state index in [2.05, 4.69) is 20.6 Å². The van der Waals surface area contributed by atoms with Crippen molar-refractivity contribution < 1.29 is 24.0 Å². The van der Waals surface area contributed by atoms with Gasteiger partial charge in [-0.25, -0.2) is 9.37 Å².